The molecule has 2 fully saturated rings. The Balaban J connectivity index is 1.10. The molecule has 0 spiro atoms. The van der Waals surface area contributed by atoms with E-state index in [1.807, 2.05) is 49.3 Å². The van der Waals surface area contributed by atoms with Gasteiger partial charge in [-0.05, 0) is 28.5 Å². The highest BCUT2D eigenvalue weighted by Crippen LogP contribution is 2.32. The van der Waals surface area contributed by atoms with Crippen LogP contribution in [0.5, 0.6) is 0 Å². The Labute approximate surface area is 316 Å². The molecule has 288 valence electrons. The molecule has 6 rings (SSSR count). The van der Waals surface area contributed by atoms with Crippen molar-refractivity contribution in [2.45, 2.75) is 89.6 Å². The normalized spacial score (nSPS) is 25.2. The molecular weight excluding hydrogens is 688 g/mol. The molecular formula is C40H54N8O6+2. The summed E-state index contributed by atoms with van der Waals surface area (Å²) in [7, 11) is 2.63. The number of nitrogens with one attached hydrogen (secondary N) is 4. The molecule has 0 saturated carbocycles. The molecule has 1 unspecified atom stereocenters. The zero-order valence-corrected chi connectivity index (χ0v) is 32.0. The lowest BCUT2D eigenvalue weighted by molar-refractivity contribution is -0.560. The number of allylic oxidation sites excluding steroid dienone is 6. The monoisotopic (exact) mass is 742 g/mol. The van der Waals surface area contributed by atoms with Crippen LogP contribution < -0.4 is 16.0 Å². The molecule has 3 aliphatic heterocycles. The molecule has 4 aliphatic rings. The number of rotatable bonds is 10. The average Bonchev–Trinajstić information content (AvgIpc) is 4.02. The average molecular weight is 743 g/mol. The number of carbonyl (C=O) groups is 2. The Kier molecular flexibility index (Phi) is 11.9. The standard InChI is InChI=1S/C40H52N8O6/c1-23(2)33(45-39(51)53-5)37(49)47-19-7-9-31(47)35-41-21-29(43-35)27-15-11-25(12-16-27)26-13-17-28(18-14-26)30-22-42-36(44-30)32-10-8-20-48(32)38(50)34(24(3)4)46-40(52)54-6/h11-18,21-25,31-35,43H,7-10,19-20H2,1-6H3,(H3,42,44,45,46,51,52)/p+2/t25?,31-,32-,33-,34-,35?/m0/s1. The van der Waals surface area contributed by atoms with E-state index in [4.69, 9.17) is 19.5 Å². The summed E-state index contributed by atoms with van der Waals surface area (Å²) < 4.78 is 13.5. The first-order valence-corrected chi connectivity index (χ1v) is 18.9. The zero-order valence-electron chi connectivity index (χ0n) is 32.0. The number of hydrogen-bond donors (Lipinski definition) is 6. The van der Waals surface area contributed by atoms with Crippen molar-refractivity contribution in [1.29, 1.82) is 0 Å². The molecule has 1 aliphatic carbocycles. The number of nitrogens with zero attached hydrogens (tertiary/aromatic N) is 4. The van der Waals surface area contributed by atoms with Crippen LogP contribution in [0, 0.1) is 11.8 Å². The van der Waals surface area contributed by atoms with Gasteiger partial charge < -0.3 is 40.6 Å². The number of carbonyl (C=O) groups excluding carboxylic acids is 2. The van der Waals surface area contributed by atoms with E-state index in [1.54, 1.807) is 0 Å². The smallest absolute Gasteiger partial charge is 0.407 e. The van der Waals surface area contributed by atoms with Crippen LogP contribution in [0.3, 0.4) is 0 Å². The van der Waals surface area contributed by atoms with E-state index in [0.717, 1.165) is 59.6 Å². The summed E-state index contributed by atoms with van der Waals surface area (Å²) in [6.07, 6.45) is 14.4. The van der Waals surface area contributed by atoms with Gasteiger partial charge in [0.15, 0.2) is 30.1 Å². The number of imidazole rings is 1. The molecule has 0 bridgehead atoms. The van der Waals surface area contributed by atoms with E-state index >= 15 is 0 Å². The molecule has 2 aromatic rings. The summed E-state index contributed by atoms with van der Waals surface area (Å²) in [6, 6.07) is 7.12. The summed E-state index contributed by atoms with van der Waals surface area (Å²) in [6.45, 7) is 9.13. The number of aliphatic hydroxyl groups is 2. The van der Waals surface area contributed by atoms with E-state index in [2.05, 4.69) is 69.5 Å². The Morgan fingerprint density at radius 3 is 2.07 bits per heavy atom. The van der Waals surface area contributed by atoms with Crippen molar-refractivity contribution < 1.29 is 38.4 Å². The number of aromatic nitrogens is 2. The second-order valence-electron chi connectivity index (χ2n) is 15.0. The molecule has 54 heavy (non-hydrogen) atoms. The number of aliphatic hydroxyl groups excluding tert-OH is 2. The maximum absolute atomic E-state index is 12.0. The maximum Gasteiger partial charge on any atom is 0.407 e. The van der Waals surface area contributed by atoms with Crippen molar-refractivity contribution >= 4 is 30.2 Å². The molecule has 6 N–H and O–H groups in total. The summed E-state index contributed by atoms with van der Waals surface area (Å²) in [4.78, 5) is 36.9. The third kappa shape index (κ3) is 8.22. The fourth-order valence-electron chi connectivity index (χ4n) is 7.73. The number of benzene rings is 1. The summed E-state index contributed by atoms with van der Waals surface area (Å²) in [5, 5.41) is 31.6. The number of ether oxygens (including phenoxy) is 2. The number of alkyl carbamates (subject to hydrolysis) is 2. The first-order chi connectivity index (χ1) is 26.0. The molecule has 14 heteroatoms. The number of hydrogen-bond acceptors (Lipinski definition) is 7. The van der Waals surface area contributed by atoms with E-state index < -0.39 is 24.3 Å². The number of aliphatic imine (C=N–C) groups is 1. The number of aromatic amines is 1. The van der Waals surface area contributed by atoms with E-state index in [1.165, 1.54) is 14.2 Å². The van der Waals surface area contributed by atoms with Gasteiger partial charge in [0, 0.05) is 37.8 Å². The Morgan fingerprint density at radius 1 is 0.870 bits per heavy atom. The first-order valence-electron chi connectivity index (χ1n) is 18.9. The third-order valence-corrected chi connectivity index (χ3v) is 10.8. The third-order valence-electron chi connectivity index (χ3n) is 10.8. The van der Waals surface area contributed by atoms with Gasteiger partial charge in [0.25, 0.3) is 0 Å². The maximum atomic E-state index is 12.0. The predicted molar refractivity (Wildman–Crippen MR) is 206 cm³/mol. The highest BCUT2D eigenvalue weighted by Gasteiger charge is 2.43. The number of H-pyrrole nitrogens is 1. The van der Waals surface area contributed by atoms with Gasteiger partial charge in [0.05, 0.1) is 31.8 Å². The van der Waals surface area contributed by atoms with E-state index in [9.17, 15) is 19.8 Å². The van der Waals surface area contributed by atoms with Gasteiger partial charge in [-0.15, -0.1) is 0 Å². The van der Waals surface area contributed by atoms with Crippen molar-refractivity contribution in [3.63, 3.8) is 0 Å². The van der Waals surface area contributed by atoms with Crippen molar-refractivity contribution in [3.8, 4) is 11.3 Å². The van der Waals surface area contributed by atoms with Crippen LogP contribution in [0.25, 0.3) is 11.3 Å². The van der Waals surface area contributed by atoms with Gasteiger partial charge in [-0.3, -0.25) is 4.99 Å². The van der Waals surface area contributed by atoms with E-state index in [-0.39, 0.29) is 47.8 Å². The molecule has 1 aromatic carbocycles. The fourth-order valence-corrected chi connectivity index (χ4v) is 7.73. The highest BCUT2D eigenvalue weighted by molar-refractivity contribution is 5.84. The minimum absolute atomic E-state index is 0.0282. The summed E-state index contributed by atoms with van der Waals surface area (Å²) in [5.41, 5.74) is 5.03. The van der Waals surface area contributed by atoms with Crippen molar-refractivity contribution in [2.24, 2.45) is 16.8 Å². The van der Waals surface area contributed by atoms with Gasteiger partial charge in [0.1, 0.15) is 13.1 Å². The van der Waals surface area contributed by atoms with Gasteiger partial charge >= 0.3 is 24.0 Å². The van der Waals surface area contributed by atoms with Crippen molar-refractivity contribution in [1.82, 2.24) is 25.9 Å². The van der Waals surface area contributed by atoms with E-state index in [0.29, 0.717) is 13.1 Å². The van der Waals surface area contributed by atoms with Crippen molar-refractivity contribution in [3.05, 3.63) is 77.4 Å². The second kappa shape index (κ2) is 16.7. The Morgan fingerprint density at radius 2 is 1.46 bits per heavy atom. The molecule has 5 atom stereocenters. The number of amides is 2. The quantitative estimate of drug-likeness (QED) is 0.142. The van der Waals surface area contributed by atoms with Gasteiger partial charge in [-0.25, -0.2) is 14.6 Å². The molecule has 4 heterocycles. The lowest BCUT2D eigenvalue weighted by Crippen LogP contribution is -2.50. The first kappa shape index (κ1) is 38.3. The molecule has 2 amide bonds. The molecule has 1 aromatic heterocycles. The van der Waals surface area contributed by atoms with Crippen LogP contribution in [-0.2, 0) is 9.47 Å². The van der Waals surface area contributed by atoms with Crippen LogP contribution in [0.1, 0.15) is 76.7 Å². The Hall–Kier alpha value is -5.40. The van der Waals surface area contributed by atoms with Crippen LogP contribution in [-0.4, -0.2) is 111 Å². The fraction of sp³-hybridized carbons (Fsp3) is 0.500. The number of methoxy groups -OCH3 is 2. The van der Waals surface area contributed by atoms with Crippen LogP contribution in [0.4, 0.5) is 9.59 Å². The van der Waals surface area contributed by atoms with Crippen LogP contribution in [0.2, 0.25) is 0 Å². The highest BCUT2D eigenvalue weighted by atomic mass is 16.5. The predicted octanol–water partition coefficient (Wildman–Crippen LogP) is 5.24. The summed E-state index contributed by atoms with van der Waals surface area (Å²) in [5.74, 6) is 1.07. The minimum Gasteiger partial charge on any atom is -0.462 e. The zero-order chi connectivity index (χ0) is 38.5. The lowest BCUT2D eigenvalue weighted by atomic mass is 9.92. The molecule has 14 nitrogen and oxygen atoms in total. The largest absolute Gasteiger partial charge is 0.462 e. The van der Waals surface area contributed by atoms with Crippen molar-refractivity contribution in [2.75, 3.05) is 27.3 Å². The lowest BCUT2D eigenvalue weighted by Gasteiger charge is -2.21. The summed E-state index contributed by atoms with van der Waals surface area (Å²) >= 11 is 0. The SMILES string of the molecule is COC(=O)N[C@H](C(O)=[N+]1CCC[C@H]1c1ncc(-c2ccc(C3C=CC(=C4C=NC([C@@H]5CCC[N+]5=C(O)[C@@H](NC(=O)OC)C(C)C)N4)C=C3)cc2)[nH]1)C(C)C. The van der Waals surface area contributed by atoms with Gasteiger partial charge in [-0.1, -0.05) is 76.3 Å². The second-order valence-corrected chi connectivity index (χ2v) is 15.0. The Bertz CT molecular complexity index is 1870. The van der Waals surface area contributed by atoms with Crippen LogP contribution >= 0.6 is 0 Å². The minimum atomic E-state index is -0.581. The van der Waals surface area contributed by atoms with Gasteiger partial charge in [0.2, 0.25) is 6.04 Å². The van der Waals surface area contributed by atoms with Crippen LogP contribution in [0.15, 0.2) is 71.0 Å². The van der Waals surface area contributed by atoms with Gasteiger partial charge in [-0.2, -0.15) is 9.15 Å². The topological polar surface area (TPSA) is 176 Å². The molecule has 2 saturated heterocycles. The molecule has 0 radical (unpaired) electrons.